The summed E-state index contributed by atoms with van der Waals surface area (Å²) in [4.78, 5) is 12.0. The van der Waals surface area contributed by atoms with Crippen molar-refractivity contribution in [1.29, 1.82) is 0 Å². The Hall–Kier alpha value is -0.570. The number of carbonyl (C=O) groups is 1. The molecule has 1 amide bonds. The molecule has 0 aromatic carbocycles. The maximum atomic E-state index is 12.0. The van der Waals surface area contributed by atoms with Crippen LogP contribution in [0.5, 0.6) is 0 Å². The average Bonchev–Trinajstić information content (AvgIpc) is 2.68. The molecule has 0 heterocycles. The molecule has 0 unspecified atom stereocenters. The molecule has 0 bridgehead atoms. The fraction of sp³-hybridized carbons (Fsp3) is 0.933. The molecule has 3 nitrogen and oxygen atoms in total. The first-order valence-electron chi connectivity index (χ1n) is 7.80. The number of nitrogens with two attached hydrogens (primary N) is 1. The highest BCUT2D eigenvalue weighted by atomic mass is 16.1. The Labute approximate surface area is 111 Å². The van der Waals surface area contributed by atoms with Crippen LogP contribution in [0.4, 0.5) is 0 Å². The molecule has 2 fully saturated rings. The molecule has 0 aromatic rings. The molecule has 0 aromatic heterocycles. The molecule has 2 aliphatic carbocycles. The molecule has 0 aliphatic heterocycles. The minimum atomic E-state index is 0.239. The van der Waals surface area contributed by atoms with Crippen molar-refractivity contribution < 1.29 is 4.79 Å². The van der Waals surface area contributed by atoms with Gasteiger partial charge in [0, 0.05) is 18.5 Å². The number of carbonyl (C=O) groups excluding carboxylic acids is 1. The van der Waals surface area contributed by atoms with E-state index in [-0.39, 0.29) is 11.9 Å². The van der Waals surface area contributed by atoms with Gasteiger partial charge < -0.3 is 11.1 Å². The van der Waals surface area contributed by atoms with Gasteiger partial charge in [-0.05, 0) is 31.6 Å². The summed E-state index contributed by atoms with van der Waals surface area (Å²) >= 11 is 0. The van der Waals surface area contributed by atoms with Crippen LogP contribution < -0.4 is 11.1 Å². The second kappa shape index (κ2) is 7.13. The number of nitrogens with one attached hydrogen (secondary N) is 1. The monoisotopic (exact) mass is 252 g/mol. The predicted molar refractivity (Wildman–Crippen MR) is 74.2 cm³/mol. The zero-order chi connectivity index (χ0) is 12.8. The standard InChI is InChI=1S/C15H28N2O/c16-14-10-6-7-12(14)11-15(18)17-13-8-4-2-1-3-5-9-13/h12-14H,1-11,16H2,(H,17,18)/t12-,14+/m0/s1. The van der Waals surface area contributed by atoms with E-state index in [2.05, 4.69) is 5.32 Å². The maximum Gasteiger partial charge on any atom is 0.220 e. The van der Waals surface area contributed by atoms with Crippen molar-refractivity contribution in [2.45, 2.75) is 82.7 Å². The van der Waals surface area contributed by atoms with E-state index in [9.17, 15) is 4.79 Å². The topological polar surface area (TPSA) is 55.1 Å². The Morgan fingerprint density at radius 2 is 1.61 bits per heavy atom. The van der Waals surface area contributed by atoms with Gasteiger partial charge in [0.2, 0.25) is 5.91 Å². The molecule has 0 radical (unpaired) electrons. The van der Waals surface area contributed by atoms with Crippen molar-refractivity contribution in [3.8, 4) is 0 Å². The van der Waals surface area contributed by atoms with Crippen LogP contribution in [0, 0.1) is 5.92 Å². The summed E-state index contributed by atoms with van der Waals surface area (Å²) in [6.07, 6.45) is 13.0. The van der Waals surface area contributed by atoms with Gasteiger partial charge in [-0.3, -0.25) is 4.79 Å². The zero-order valence-corrected chi connectivity index (χ0v) is 11.5. The molecule has 2 atom stereocenters. The van der Waals surface area contributed by atoms with Gasteiger partial charge in [0.25, 0.3) is 0 Å². The Morgan fingerprint density at radius 1 is 0.944 bits per heavy atom. The smallest absolute Gasteiger partial charge is 0.220 e. The van der Waals surface area contributed by atoms with Crippen LogP contribution in [0.1, 0.15) is 70.6 Å². The van der Waals surface area contributed by atoms with Crippen LogP contribution in [0.15, 0.2) is 0 Å². The molecular weight excluding hydrogens is 224 g/mol. The van der Waals surface area contributed by atoms with Gasteiger partial charge in [0.05, 0.1) is 0 Å². The van der Waals surface area contributed by atoms with Crippen LogP contribution in [0.25, 0.3) is 0 Å². The molecule has 0 saturated heterocycles. The van der Waals surface area contributed by atoms with Crippen LogP contribution in [0.2, 0.25) is 0 Å². The van der Waals surface area contributed by atoms with Crippen LogP contribution in [-0.4, -0.2) is 18.0 Å². The summed E-state index contributed by atoms with van der Waals surface area (Å²) in [5, 5.41) is 3.24. The summed E-state index contributed by atoms with van der Waals surface area (Å²) < 4.78 is 0. The van der Waals surface area contributed by atoms with Crippen LogP contribution in [0.3, 0.4) is 0 Å². The molecule has 2 saturated carbocycles. The number of amides is 1. The average molecular weight is 252 g/mol. The first-order chi connectivity index (χ1) is 8.75. The van der Waals surface area contributed by atoms with Crippen molar-refractivity contribution in [2.24, 2.45) is 11.7 Å². The lowest BCUT2D eigenvalue weighted by molar-refractivity contribution is -0.122. The summed E-state index contributed by atoms with van der Waals surface area (Å²) in [6.45, 7) is 0. The van der Waals surface area contributed by atoms with E-state index in [0.29, 0.717) is 18.4 Å². The van der Waals surface area contributed by atoms with Gasteiger partial charge in [0.15, 0.2) is 0 Å². The van der Waals surface area contributed by atoms with Gasteiger partial charge in [0.1, 0.15) is 0 Å². The zero-order valence-electron chi connectivity index (χ0n) is 11.5. The lowest BCUT2D eigenvalue weighted by Crippen LogP contribution is -2.38. The summed E-state index contributed by atoms with van der Waals surface area (Å²) in [5.41, 5.74) is 6.03. The minimum absolute atomic E-state index is 0.239. The molecule has 3 N–H and O–H groups in total. The van der Waals surface area contributed by atoms with Crippen molar-refractivity contribution in [2.75, 3.05) is 0 Å². The molecule has 0 spiro atoms. The molecule has 104 valence electrons. The number of hydrogen-bond donors (Lipinski definition) is 2. The first-order valence-corrected chi connectivity index (χ1v) is 7.80. The van der Waals surface area contributed by atoms with E-state index < -0.39 is 0 Å². The third kappa shape index (κ3) is 4.27. The van der Waals surface area contributed by atoms with Gasteiger partial charge in [-0.1, -0.05) is 38.5 Å². The SMILES string of the molecule is N[C@@H]1CCC[C@H]1CC(=O)NC1CCCCCCC1. The van der Waals surface area contributed by atoms with Crippen LogP contribution in [-0.2, 0) is 4.79 Å². The number of rotatable bonds is 3. The van der Waals surface area contributed by atoms with Crippen molar-refractivity contribution >= 4 is 5.91 Å². The van der Waals surface area contributed by atoms with E-state index in [1.807, 2.05) is 0 Å². The van der Waals surface area contributed by atoms with E-state index in [4.69, 9.17) is 5.73 Å². The largest absolute Gasteiger partial charge is 0.353 e. The van der Waals surface area contributed by atoms with Gasteiger partial charge in [-0.25, -0.2) is 0 Å². The predicted octanol–water partition coefficient (Wildman–Crippen LogP) is 2.73. The fourth-order valence-electron chi connectivity index (χ4n) is 3.44. The van der Waals surface area contributed by atoms with E-state index >= 15 is 0 Å². The lowest BCUT2D eigenvalue weighted by Gasteiger charge is -2.22. The summed E-state index contributed by atoms with van der Waals surface area (Å²) in [7, 11) is 0. The lowest BCUT2D eigenvalue weighted by atomic mass is 9.95. The second-order valence-corrected chi connectivity index (χ2v) is 6.17. The Morgan fingerprint density at radius 3 is 2.22 bits per heavy atom. The van der Waals surface area contributed by atoms with Gasteiger partial charge in [-0.2, -0.15) is 0 Å². The molecule has 3 heteroatoms. The highest BCUT2D eigenvalue weighted by molar-refractivity contribution is 5.76. The van der Waals surface area contributed by atoms with E-state index in [1.54, 1.807) is 0 Å². The normalized spacial score (nSPS) is 30.7. The maximum absolute atomic E-state index is 12.0. The fourth-order valence-corrected chi connectivity index (χ4v) is 3.44. The summed E-state index contributed by atoms with van der Waals surface area (Å²) in [5.74, 6) is 0.668. The minimum Gasteiger partial charge on any atom is -0.353 e. The third-order valence-corrected chi connectivity index (χ3v) is 4.64. The van der Waals surface area contributed by atoms with Crippen molar-refractivity contribution in [1.82, 2.24) is 5.32 Å². The van der Waals surface area contributed by atoms with E-state index in [0.717, 1.165) is 12.8 Å². The Bertz CT molecular complexity index is 259. The van der Waals surface area contributed by atoms with Gasteiger partial charge in [-0.15, -0.1) is 0 Å². The summed E-state index contributed by atoms with van der Waals surface area (Å²) in [6, 6.07) is 0.684. The molecule has 2 aliphatic rings. The van der Waals surface area contributed by atoms with E-state index in [1.165, 1.54) is 51.4 Å². The molecule has 18 heavy (non-hydrogen) atoms. The van der Waals surface area contributed by atoms with Crippen molar-refractivity contribution in [3.05, 3.63) is 0 Å². The second-order valence-electron chi connectivity index (χ2n) is 6.17. The van der Waals surface area contributed by atoms with Crippen molar-refractivity contribution in [3.63, 3.8) is 0 Å². The molecule has 2 rings (SSSR count). The Kier molecular flexibility index (Phi) is 5.48. The Balaban J connectivity index is 1.71. The molecular formula is C15H28N2O. The third-order valence-electron chi connectivity index (χ3n) is 4.64. The quantitative estimate of drug-likeness (QED) is 0.811. The number of hydrogen-bond acceptors (Lipinski definition) is 2. The first kappa shape index (κ1) is 13.9. The van der Waals surface area contributed by atoms with Gasteiger partial charge >= 0.3 is 0 Å². The highest BCUT2D eigenvalue weighted by Crippen LogP contribution is 2.27. The van der Waals surface area contributed by atoms with Crippen LogP contribution >= 0.6 is 0 Å². The highest BCUT2D eigenvalue weighted by Gasteiger charge is 2.26.